The van der Waals surface area contributed by atoms with Crippen molar-refractivity contribution < 1.29 is 5.11 Å². The Bertz CT molecular complexity index is 120. The summed E-state index contributed by atoms with van der Waals surface area (Å²) in [6.45, 7) is 3.34. The van der Waals surface area contributed by atoms with Crippen LogP contribution in [0.4, 0.5) is 0 Å². The number of rotatable bonds is 6. The lowest BCUT2D eigenvalue weighted by Crippen LogP contribution is -2.26. The van der Waals surface area contributed by atoms with E-state index >= 15 is 0 Å². The molecular weight excluding hydrogens is 158 g/mol. The minimum Gasteiger partial charge on any atom is -0.392 e. The zero-order valence-electron chi connectivity index (χ0n) is 6.84. The maximum atomic E-state index is 8.85. The van der Waals surface area contributed by atoms with Gasteiger partial charge in [-0.1, -0.05) is 5.92 Å². The molecule has 0 aliphatic rings. The number of hydrogen-bond acceptors (Lipinski definition) is 3. The number of aliphatic hydroxyl groups is 1. The maximum Gasteiger partial charge on any atom is 0.0636 e. The molecular formula is C8H15NOS. The number of nitrogens with one attached hydrogen (secondary N) is 1. The van der Waals surface area contributed by atoms with Gasteiger partial charge in [-0.05, 0) is 6.92 Å². The van der Waals surface area contributed by atoms with Crippen LogP contribution in [0.25, 0.3) is 0 Å². The van der Waals surface area contributed by atoms with Crippen LogP contribution in [0.15, 0.2) is 0 Å². The second-order valence-corrected chi connectivity index (χ2v) is 3.42. The number of hydrogen-bond donors (Lipinski definition) is 2. The fraction of sp³-hybridized carbons (Fsp3) is 0.750. The van der Waals surface area contributed by atoms with E-state index in [1.54, 1.807) is 18.7 Å². The van der Waals surface area contributed by atoms with Crippen molar-refractivity contribution in [1.82, 2.24) is 5.32 Å². The summed E-state index contributed by atoms with van der Waals surface area (Å²) < 4.78 is 0. The van der Waals surface area contributed by atoms with Gasteiger partial charge in [-0.3, -0.25) is 0 Å². The third-order valence-corrected chi connectivity index (χ3v) is 1.91. The van der Waals surface area contributed by atoms with Crippen LogP contribution in [-0.4, -0.2) is 35.8 Å². The molecule has 0 rings (SSSR count). The van der Waals surface area contributed by atoms with Crippen molar-refractivity contribution in [1.29, 1.82) is 0 Å². The molecule has 0 bridgehead atoms. The van der Waals surface area contributed by atoms with Crippen LogP contribution >= 0.6 is 11.8 Å². The highest BCUT2D eigenvalue weighted by Gasteiger charge is 1.92. The first-order chi connectivity index (χ1) is 5.27. The minimum absolute atomic E-state index is 0.257. The van der Waals surface area contributed by atoms with E-state index in [-0.39, 0.29) is 6.10 Å². The second kappa shape index (κ2) is 7.93. The predicted molar refractivity (Wildman–Crippen MR) is 50.7 cm³/mol. The van der Waals surface area contributed by atoms with Gasteiger partial charge in [0.15, 0.2) is 0 Å². The molecule has 0 fully saturated rings. The molecule has 0 spiro atoms. The molecule has 0 aromatic rings. The average molecular weight is 173 g/mol. The van der Waals surface area contributed by atoms with E-state index in [2.05, 4.69) is 11.2 Å². The third kappa shape index (κ3) is 9.83. The molecule has 0 amide bonds. The summed E-state index contributed by atoms with van der Waals surface area (Å²) in [6, 6.07) is 0. The highest BCUT2D eigenvalue weighted by atomic mass is 32.2. The first-order valence-electron chi connectivity index (χ1n) is 3.67. The molecule has 0 unspecified atom stereocenters. The Labute approximate surface area is 72.8 Å². The third-order valence-electron chi connectivity index (χ3n) is 1.05. The van der Waals surface area contributed by atoms with Gasteiger partial charge >= 0.3 is 0 Å². The van der Waals surface area contributed by atoms with Crippen molar-refractivity contribution in [2.24, 2.45) is 0 Å². The van der Waals surface area contributed by atoms with Crippen molar-refractivity contribution in [3.63, 3.8) is 0 Å². The zero-order chi connectivity index (χ0) is 8.53. The Kier molecular flexibility index (Phi) is 7.81. The van der Waals surface area contributed by atoms with Crippen LogP contribution in [0, 0.1) is 12.3 Å². The van der Waals surface area contributed by atoms with Crippen molar-refractivity contribution in [3.8, 4) is 12.3 Å². The second-order valence-electron chi connectivity index (χ2n) is 2.31. The normalized spacial score (nSPS) is 12.5. The molecule has 0 heterocycles. The van der Waals surface area contributed by atoms with Crippen molar-refractivity contribution in [2.45, 2.75) is 13.0 Å². The van der Waals surface area contributed by atoms with Gasteiger partial charge in [0.2, 0.25) is 0 Å². The van der Waals surface area contributed by atoms with E-state index < -0.39 is 0 Å². The molecule has 0 aliphatic carbocycles. The van der Waals surface area contributed by atoms with Crippen molar-refractivity contribution >= 4 is 11.8 Å². The van der Waals surface area contributed by atoms with Gasteiger partial charge in [0, 0.05) is 18.8 Å². The predicted octanol–water partition coefficient (Wildman–Crippen LogP) is 0.323. The molecule has 1 atom stereocenters. The molecule has 2 nitrogen and oxygen atoms in total. The van der Waals surface area contributed by atoms with Gasteiger partial charge in [-0.2, -0.15) is 0 Å². The van der Waals surface area contributed by atoms with Gasteiger partial charge in [0.1, 0.15) is 0 Å². The largest absolute Gasteiger partial charge is 0.392 e. The summed E-state index contributed by atoms with van der Waals surface area (Å²) in [7, 11) is 0. The van der Waals surface area contributed by atoms with E-state index in [4.69, 9.17) is 11.5 Å². The minimum atomic E-state index is -0.257. The van der Waals surface area contributed by atoms with Crippen LogP contribution in [-0.2, 0) is 0 Å². The van der Waals surface area contributed by atoms with Crippen LogP contribution in [0.5, 0.6) is 0 Å². The topological polar surface area (TPSA) is 32.3 Å². The fourth-order valence-corrected chi connectivity index (χ4v) is 1.14. The Morgan fingerprint density at radius 3 is 3.00 bits per heavy atom. The lowest BCUT2D eigenvalue weighted by Gasteiger charge is -2.04. The molecule has 3 heteroatoms. The van der Waals surface area contributed by atoms with Gasteiger partial charge in [0.25, 0.3) is 0 Å². The van der Waals surface area contributed by atoms with E-state index in [0.29, 0.717) is 6.54 Å². The smallest absolute Gasteiger partial charge is 0.0636 e. The molecule has 0 aromatic heterocycles. The van der Waals surface area contributed by atoms with Crippen LogP contribution in [0.2, 0.25) is 0 Å². The van der Waals surface area contributed by atoms with E-state index in [9.17, 15) is 0 Å². The lowest BCUT2D eigenvalue weighted by molar-refractivity contribution is 0.192. The summed E-state index contributed by atoms with van der Waals surface area (Å²) in [5.41, 5.74) is 0. The van der Waals surface area contributed by atoms with Gasteiger partial charge in [-0.25, -0.2) is 0 Å². The summed E-state index contributed by atoms with van der Waals surface area (Å²) >= 11 is 1.72. The molecule has 0 aromatic carbocycles. The van der Waals surface area contributed by atoms with Crippen LogP contribution in [0.3, 0.4) is 0 Å². The molecule has 2 N–H and O–H groups in total. The number of terminal acetylenes is 1. The molecule has 0 radical (unpaired) electrons. The monoisotopic (exact) mass is 173 g/mol. The zero-order valence-corrected chi connectivity index (χ0v) is 7.66. The Morgan fingerprint density at radius 1 is 1.73 bits per heavy atom. The van der Waals surface area contributed by atoms with Gasteiger partial charge < -0.3 is 10.4 Å². The Morgan fingerprint density at radius 2 is 2.45 bits per heavy atom. The van der Waals surface area contributed by atoms with Crippen LogP contribution < -0.4 is 5.32 Å². The highest BCUT2D eigenvalue weighted by molar-refractivity contribution is 7.99. The van der Waals surface area contributed by atoms with E-state index in [0.717, 1.165) is 18.1 Å². The average Bonchev–Trinajstić information content (AvgIpc) is 1.96. The first-order valence-corrected chi connectivity index (χ1v) is 4.83. The summed E-state index contributed by atoms with van der Waals surface area (Å²) in [6.07, 6.45) is 4.80. The van der Waals surface area contributed by atoms with Crippen molar-refractivity contribution in [2.75, 3.05) is 24.6 Å². The molecule has 11 heavy (non-hydrogen) atoms. The van der Waals surface area contributed by atoms with E-state index in [1.165, 1.54) is 0 Å². The highest BCUT2D eigenvalue weighted by Crippen LogP contribution is 1.94. The van der Waals surface area contributed by atoms with Crippen molar-refractivity contribution in [3.05, 3.63) is 0 Å². The van der Waals surface area contributed by atoms with Crippen LogP contribution in [0.1, 0.15) is 6.92 Å². The maximum absolute atomic E-state index is 8.85. The lowest BCUT2D eigenvalue weighted by atomic mass is 10.4. The number of aliphatic hydroxyl groups excluding tert-OH is 1. The SMILES string of the molecule is C#CCSCCNC[C@@H](C)O. The van der Waals surface area contributed by atoms with E-state index in [1.807, 2.05) is 0 Å². The quantitative estimate of drug-likeness (QED) is 0.448. The van der Waals surface area contributed by atoms with Gasteiger partial charge in [-0.15, -0.1) is 18.2 Å². The molecule has 0 aliphatic heterocycles. The summed E-state index contributed by atoms with van der Waals surface area (Å²) in [4.78, 5) is 0. The molecule has 0 saturated carbocycles. The Hall–Kier alpha value is -0.170. The van der Waals surface area contributed by atoms with Gasteiger partial charge in [0.05, 0.1) is 11.9 Å². The standard InChI is InChI=1S/C8H15NOS/c1-3-5-11-6-4-9-7-8(2)10/h1,8-10H,4-7H2,2H3/t8-/m1/s1. The number of thioether (sulfide) groups is 1. The fourth-order valence-electron chi connectivity index (χ4n) is 0.586. The summed E-state index contributed by atoms with van der Waals surface area (Å²) in [5.74, 6) is 4.34. The summed E-state index contributed by atoms with van der Waals surface area (Å²) in [5, 5.41) is 12.0. The first kappa shape index (κ1) is 10.8. The molecule has 0 saturated heterocycles. The molecule has 64 valence electrons. The Balaban J connectivity index is 2.86.